The predicted molar refractivity (Wildman–Crippen MR) is 69.9 cm³/mol. The van der Waals surface area contributed by atoms with Gasteiger partial charge in [-0.2, -0.15) is 0 Å². The van der Waals surface area contributed by atoms with Crippen molar-refractivity contribution in [3.63, 3.8) is 0 Å². The molecule has 0 aliphatic heterocycles. The van der Waals surface area contributed by atoms with Crippen LogP contribution in [0.1, 0.15) is 15.9 Å². The number of carbonyl (C=O) groups is 1. The van der Waals surface area contributed by atoms with E-state index in [1.165, 1.54) is 6.07 Å². The number of amides is 1. The van der Waals surface area contributed by atoms with E-state index in [0.29, 0.717) is 11.4 Å². The molecule has 0 saturated heterocycles. The number of nitrogen functional groups attached to an aromatic ring is 1. The standard InChI is InChI=1S/C14H12F2N2O/c1-8-12(17)3-2-4-13(8)18-14(19)9-5-6-10(15)11(16)7-9/h2-7H,17H2,1H3,(H,18,19). The van der Waals surface area contributed by atoms with E-state index in [0.717, 1.165) is 17.7 Å². The lowest BCUT2D eigenvalue weighted by molar-refractivity contribution is 0.102. The van der Waals surface area contributed by atoms with Crippen molar-refractivity contribution in [2.45, 2.75) is 6.92 Å². The summed E-state index contributed by atoms with van der Waals surface area (Å²) < 4.78 is 25.8. The maximum Gasteiger partial charge on any atom is 0.255 e. The largest absolute Gasteiger partial charge is 0.398 e. The Bertz CT molecular complexity index is 641. The van der Waals surface area contributed by atoms with Crippen LogP contribution in [0.5, 0.6) is 0 Å². The second kappa shape index (κ2) is 5.06. The summed E-state index contributed by atoms with van der Waals surface area (Å²) in [6, 6.07) is 8.08. The van der Waals surface area contributed by atoms with E-state index in [4.69, 9.17) is 5.73 Å². The van der Waals surface area contributed by atoms with Crippen molar-refractivity contribution in [1.29, 1.82) is 0 Å². The van der Waals surface area contributed by atoms with Crippen LogP contribution in [0.3, 0.4) is 0 Å². The molecule has 19 heavy (non-hydrogen) atoms. The molecule has 3 nitrogen and oxygen atoms in total. The average Bonchev–Trinajstić information content (AvgIpc) is 2.38. The number of hydrogen-bond acceptors (Lipinski definition) is 2. The number of hydrogen-bond donors (Lipinski definition) is 2. The molecule has 0 fully saturated rings. The molecular weight excluding hydrogens is 250 g/mol. The van der Waals surface area contributed by atoms with Crippen LogP contribution >= 0.6 is 0 Å². The lowest BCUT2D eigenvalue weighted by atomic mass is 10.1. The highest BCUT2D eigenvalue weighted by atomic mass is 19.2. The minimum atomic E-state index is -1.06. The maximum absolute atomic E-state index is 13.0. The third kappa shape index (κ3) is 2.70. The van der Waals surface area contributed by atoms with Gasteiger partial charge in [-0.1, -0.05) is 6.07 Å². The molecule has 0 aliphatic rings. The highest BCUT2D eigenvalue weighted by molar-refractivity contribution is 6.04. The molecule has 0 bridgehead atoms. The predicted octanol–water partition coefficient (Wildman–Crippen LogP) is 3.11. The fraction of sp³-hybridized carbons (Fsp3) is 0.0714. The SMILES string of the molecule is Cc1c(N)cccc1NC(=O)c1ccc(F)c(F)c1. The number of anilines is 2. The summed E-state index contributed by atoms with van der Waals surface area (Å²) in [4.78, 5) is 11.9. The Kier molecular flexibility index (Phi) is 3.46. The first kappa shape index (κ1) is 13.0. The van der Waals surface area contributed by atoms with Gasteiger partial charge in [0.2, 0.25) is 0 Å². The molecular formula is C14H12F2N2O. The number of nitrogens with two attached hydrogens (primary N) is 1. The summed E-state index contributed by atoms with van der Waals surface area (Å²) in [5.41, 5.74) is 7.56. The van der Waals surface area contributed by atoms with Gasteiger partial charge in [0.1, 0.15) is 0 Å². The zero-order valence-corrected chi connectivity index (χ0v) is 10.2. The lowest BCUT2D eigenvalue weighted by Gasteiger charge is -2.10. The van der Waals surface area contributed by atoms with Gasteiger partial charge in [0.25, 0.3) is 5.91 Å². The van der Waals surface area contributed by atoms with E-state index in [2.05, 4.69) is 5.32 Å². The fourth-order valence-electron chi connectivity index (χ4n) is 1.62. The van der Waals surface area contributed by atoms with E-state index in [9.17, 15) is 13.6 Å². The molecule has 5 heteroatoms. The number of benzene rings is 2. The monoisotopic (exact) mass is 262 g/mol. The number of nitrogens with one attached hydrogen (secondary N) is 1. The van der Waals surface area contributed by atoms with Gasteiger partial charge >= 0.3 is 0 Å². The summed E-state index contributed by atoms with van der Waals surface area (Å²) >= 11 is 0. The summed E-state index contributed by atoms with van der Waals surface area (Å²) in [7, 11) is 0. The zero-order chi connectivity index (χ0) is 14.0. The van der Waals surface area contributed by atoms with Crippen LogP contribution in [-0.2, 0) is 0 Å². The number of halogens is 2. The van der Waals surface area contributed by atoms with Gasteiger partial charge in [0.15, 0.2) is 11.6 Å². The van der Waals surface area contributed by atoms with Crippen LogP contribution in [0, 0.1) is 18.6 Å². The molecule has 0 heterocycles. The third-order valence-electron chi connectivity index (χ3n) is 2.81. The van der Waals surface area contributed by atoms with Gasteiger partial charge in [0, 0.05) is 16.9 Å². The molecule has 3 N–H and O–H groups in total. The molecule has 2 aromatic rings. The highest BCUT2D eigenvalue weighted by Gasteiger charge is 2.11. The number of carbonyl (C=O) groups excluding carboxylic acids is 1. The van der Waals surface area contributed by atoms with Gasteiger partial charge in [-0.15, -0.1) is 0 Å². The first-order chi connectivity index (χ1) is 8.99. The summed E-state index contributed by atoms with van der Waals surface area (Å²) in [6.45, 7) is 1.76. The normalized spacial score (nSPS) is 10.3. The Morgan fingerprint density at radius 3 is 2.58 bits per heavy atom. The maximum atomic E-state index is 13.0. The van der Waals surface area contributed by atoms with Crippen molar-refractivity contribution in [2.24, 2.45) is 0 Å². The molecule has 0 spiro atoms. The minimum absolute atomic E-state index is 0.0423. The highest BCUT2D eigenvalue weighted by Crippen LogP contribution is 2.21. The van der Waals surface area contributed by atoms with Gasteiger partial charge in [0.05, 0.1) is 0 Å². The summed E-state index contributed by atoms with van der Waals surface area (Å²) in [5.74, 6) is -2.57. The molecule has 0 unspecified atom stereocenters. The molecule has 0 saturated carbocycles. The fourth-order valence-corrected chi connectivity index (χ4v) is 1.62. The molecule has 0 aliphatic carbocycles. The van der Waals surface area contributed by atoms with Crippen molar-refractivity contribution in [1.82, 2.24) is 0 Å². The Balaban J connectivity index is 2.26. The zero-order valence-electron chi connectivity index (χ0n) is 10.2. The van der Waals surface area contributed by atoms with E-state index in [1.807, 2.05) is 0 Å². The van der Waals surface area contributed by atoms with Crippen LogP contribution in [0.15, 0.2) is 36.4 Å². The Morgan fingerprint density at radius 2 is 1.89 bits per heavy atom. The van der Waals surface area contributed by atoms with Crippen LogP contribution in [0.4, 0.5) is 20.2 Å². The van der Waals surface area contributed by atoms with Crippen molar-refractivity contribution in [2.75, 3.05) is 11.1 Å². The van der Waals surface area contributed by atoms with Gasteiger partial charge < -0.3 is 11.1 Å². The molecule has 0 radical (unpaired) electrons. The van der Waals surface area contributed by atoms with E-state index >= 15 is 0 Å². The van der Waals surface area contributed by atoms with Gasteiger partial charge in [-0.25, -0.2) is 8.78 Å². The smallest absolute Gasteiger partial charge is 0.255 e. The quantitative estimate of drug-likeness (QED) is 0.817. The van der Waals surface area contributed by atoms with E-state index in [1.54, 1.807) is 25.1 Å². The van der Waals surface area contributed by atoms with Crippen molar-refractivity contribution in [3.8, 4) is 0 Å². The summed E-state index contributed by atoms with van der Waals surface area (Å²) in [5, 5.41) is 2.61. The topological polar surface area (TPSA) is 55.1 Å². The molecule has 0 atom stereocenters. The lowest BCUT2D eigenvalue weighted by Crippen LogP contribution is -2.13. The first-order valence-electron chi connectivity index (χ1n) is 5.60. The van der Waals surface area contributed by atoms with Crippen LogP contribution in [0.2, 0.25) is 0 Å². The molecule has 2 aromatic carbocycles. The first-order valence-corrected chi connectivity index (χ1v) is 5.60. The molecule has 2 rings (SSSR count). The molecule has 0 aromatic heterocycles. The Hall–Kier alpha value is -2.43. The molecule has 98 valence electrons. The summed E-state index contributed by atoms with van der Waals surface area (Å²) in [6.07, 6.45) is 0. The van der Waals surface area contributed by atoms with Crippen LogP contribution in [0.25, 0.3) is 0 Å². The van der Waals surface area contributed by atoms with Crippen LogP contribution < -0.4 is 11.1 Å². The Morgan fingerprint density at radius 1 is 1.16 bits per heavy atom. The number of rotatable bonds is 2. The van der Waals surface area contributed by atoms with Gasteiger partial charge in [-0.05, 0) is 42.8 Å². The second-order valence-corrected chi connectivity index (χ2v) is 4.10. The van der Waals surface area contributed by atoms with Crippen molar-refractivity contribution in [3.05, 3.63) is 59.2 Å². The van der Waals surface area contributed by atoms with E-state index in [-0.39, 0.29) is 5.56 Å². The third-order valence-corrected chi connectivity index (χ3v) is 2.81. The molecule has 1 amide bonds. The van der Waals surface area contributed by atoms with E-state index < -0.39 is 17.5 Å². The van der Waals surface area contributed by atoms with Crippen molar-refractivity contribution < 1.29 is 13.6 Å². The average molecular weight is 262 g/mol. The Labute approximate surface area is 109 Å². The minimum Gasteiger partial charge on any atom is -0.398 e. The van der Waals surface area contributed by atoms with Gasteiger partial charge in [-0.3, -0.25) is 4.79 Å². The second-order valence-electron chi connectivity index (χ2n) is 4.10. The van der Waals surface area contributed by atoms with Crippen LogP contribution in [-0.4, -0.2) is 5.91 Å². The van der Waals surface area contributed by atoms with Crippen molar-refractivity contribution >= 4 is 17.3 Å².